The van der Waals surface area contributed by atoms with Crippen LogP contribution in [0.2, 0.25) is 0 Å². The lowest BCUT2D eigenvalue weighted by molar-refractivity contribution is -0.197. The predicted molar refractivity (Wildman–Crippen MR) is 84.8 cm³/mol. The molecule has 0 unspecified atom stereocenters. The standard InChI is InChI=1S/C16H28F3N3O2/c1-15(2,3)24-14(23)22-9-8-21(13(11-22)16(17,18)19)10-12-4-6-20-7-5-12/h12-13,20H,4-11H2,1-3H3/t13-/m1/s1. The van der Waals surface area contributed by atoms with Crippen LogP contribution in [0, 0.1) is 5.92 Å². The summed E-state index contributed by atoms with van der Waals surface area (Å²) in [4.78, 5) is 14.8. The molecule has 2 aliphatic heterocycles. The van der Waals surface area contributed by atoms with Crippen LogP contribution >= 0.6 is 0 Å². The number of piperazine rings is 1. The zero-order valence-electron chi connectivity index (χ0n) is 14.7. The molecule has 1 N–H and O–H groups in total. The molecule has 2 aliphatic rings. The van der Waals surface area contributed by atoms with Crippen molar-refractivity contribution in [2.24, 2.45) is 5.92 Å². The van der Waals surface area contributed by atoms with Gasteiger partial charge in [0.05, 0.1) is 0 Å². The smallest absolute Gasteiger partial charge is 0.410 e. The number of hydrogen-bond donors (Lipinski definition) is 1. The Morgan fingerprint density at radius 1 is 1.17 bits per heavy atom. The molecular formula is C16H28F3N3O2. The summed E-state index contributed by atoms with van der Waals surface area (Å²) in [5, 5.41) is 3.23. The summed E-state index contributed by atoms with van der Waals surface area (Å²) in [6.45, 7) is 7.42. The Morgan fingerprint density at radius 2 is 1.79 bits per heavy atom. The van der Waals surface area contributed by atoms with Crippen molar-refractivity contribution in [3.05, 3.63) is 0 Å². The lowest BCUT2D eigenvalue weighted by atomic mass is 9.96. The average molecular weight is 351 g/mol. The molecule has 0 aliphatic carbocycles. The molecular weight excluding hydrogens is 323 g/mol. The van der Waals surface area contributed by atoms with E-state index >= 15 is 0 Å². The van der Waals surface area contributed by atoms with Gasteiger partial charge < -0.3 is 15.0 Å². The Hall–Kier alpha value is -1.02. The molecule has 0 spiro atoms. The number of ether oxygens (including phenoxy) is 1. The van der Waals surface area contributed by atoms with Crippen LogP contribution in [-0.4, -0.2) is 73.0 Å². The molecule has 140 valence electrons. The van der Waals surface area contributed by atoms with Crippen LogP contribution in [-0.2, 0) is 4.74 Å². The number of nitrogens with one attached hydrogen (secondary N) is 1. The van der Waals surface area contributed by atoms with Crippen molar-refractivity contribution in [3.8, 4) is 0 Å². The summed E-state index contributed by atoms with van der Waals surface area (Å²) in [6, 6.07) is -1.62. The van der Waals surface area contributed by atoms with E-state index in [1.165, 1.54) is 9.80 Å². The van der Waals surface area contributed by atoms with Crippen LogP contribution in [0.15, 0.2) is 0 Å². The van der Waals surface area contributed by atoms with Gasteiger partial charge in [0.25, 0.3) is 0 Å². The summed E-state index contributed by atoms with van der Waals surface area (Å²) >= 11 is 0. The minimum Gasteiger partial charge on any atom is -0.444 e. The fraction of sp³-hybridized carbons (Fsp3) is 0.938. The summed E-state index contributed by atoms with van der Waals surface area (Å²) in [5.74, 6) is 0.282. The maximum Gasteiger partial charge on any atom is 0.410 e. The number of amides is 1. The zero-order valence-corrected chi connectivity index (χ0v) is 14.7. The number of piperidine rings is 1. The molecule has 0 aromatic carbocycles. The third kappa shape index (κ3) is 5.51. The molecule has 1 atom stereocenters. The van der Waals surface area contributed by atoms with Crippen molar-refractivity contribution in [2.45, 2.75) is 51.4 Å². The molecule has 0 bridgehead atoms. The van der Waals surface area contributed by atoms with E-state index in [1.807, 2.05) is 0 Å². The molecule has 2 saturated heterocycles. The first-order chi connectivity index (χ1) is 11.1. The van der Waals surface area contributed by atoms with Crippen molar-refractivity contribution < 1.29 is 22.7 Å². The molecule has 0 aromatic rings. The first-order valence-electron chi connectivity index (χ1n) is 8.55. The second kappa shape index (κ2) is 7.47. The van der Waals surface area contributed by atoms with E-state index in [-0.39, 0.29) is 25.6 Å². The molecule has 24 heavy (non-hydrogen) atoms. The van der Waals surface area contributed by atoms with E-state index < -0.39 is 23.9 Å². The summed E-state index contributed by atoms with van der Waals surface area (Å²) < 4.78 is 45.7. The molecule has 1 amide bonds. The van der Waals surface area contributed by atoms with Gasteiger partial charge in [-0.25, -0.2) is 4.79 Å². The van der Waals surface area contributed by atoms with Gasteiger partial charge in [-0.1, -0.05) is 0 Å². The lowest BCUT2D eigenvalue weighted by Gasteiger charge is -2.43. The van der Waals surface area contributed by atoms with Crippen molar-refractivity contribution in [2.75, 3.05) is 39.3 Å². The van der Waals surface area contributed by atoms with Crippen LogP contribution in [0.1, 0.15) is 33.6 Å². The molecule has 8 heteroatoms. The zero-order chi connectivity index (χ0) is 18.0. The van der Waals surface area contributed by atoms with Gasteiger partial charge in [0.2, 0.25) is 0 Å². The third-order valence-corrected chi connectivity index (χ3v) is 4.47. The summed E-state index contributed by atoms with van der Waals surface area (Å²) in [5.41, 5.74) is -0.711. The van der Waals surface area contributed by atoms with E-state index in [1.54, 1.807) is 20.8 Å². The molecule has 2 heterocycles. The quantitative estimate of drug-likeness (QED) is 0.830. The minimum atomic E-state index is -4.35. The number of hydrogen-bond acceptors (Lipinski definition) is 4. The van der Waals surface area contributed by atoms with E-state index in [2.05, 4.69) is 5.32 Å². The van der Waals surface area contributed by atoms with E-state index in [9.17, 15) is 18.0 Å². The maximum absolute atomic E-state index is 13.5. The highest BCUT2D eigenvalue weighted by Gasteiger charge is 2.48. The van der Waals surface area contributed by atoms with Crippen LogP contribution in [0.5, 0.6) is 0 Å². The Bertz CT molecular complexity index is 431. The van der Waals surface area contributed by atoms with Gasteiger partial charge in [-0.05, 0) is 52.6 Å². The van der Waals surface area contributed by atoms with Gasteiger partial charge in [-0.3, -0.25) is 4.90 Å². The van der Waals surface area contributed by atoms with Crippen molar-refractivity contribution >= 4 is 6.09 Å². The van der Waals surface area contributed by atoms with Gasteiger partial charge in [0.1, 0.15) is 11.6 Å². The second-order valence-electron chi connectivity index (χ2n) is 7.67. The van der Waals surface area contributed by atoms with Crippen LogP contribution < -0.4 is 5.32 Å². The maximum atomic E-state index is 13.5. The minimum absolute atomic E-state index is 0.230. The molecule has 2 fully saturated rings. The van der Waals surface area contributed by atoms with Crippen LogP contribution in [0.4, 0.5) is 18.0 Å². The van der Waals surface area contributed by atoms with Crippen molar-refractivity contribution in [3.63, 3.8) is 0 Å². The fourth-order valence-corrected chi connectivity index (χ4v) is 3.24. The van der Waals surface area contributed by atoms with Gasteiger partial charge >= 0.3 is 12.3 Å². The summed E-state index contributed by atoms with van der Waals surface area (Å²) in [7, 11) is 0. The first kappa shape index (κ1) is 19.3. The number of alkyl halides is 3. The monoisotopic (exact) mass is 351 g/mol. The van der Waals surface area contributed by atoms with E-state index in [0.29, 0.717) is 6.54 Å². The van der Waals surface area contributed by atoms with Gasteiger partial charge in [0.15, 0.2) is 0 Å². The van der Waals surface area contributed by atoms with Gasteiger partial charge in [-0.15, -0.1) is 0 Å². The van der Waals surface area contributed by atoms with Crippen LogP contribution in [0.3, 0.4) is 0 Å². The molecule has 0 radical (unpaired) electrons. The highest BCUT2D eigenvalue weighted by molar-refractivity contribution is 5.68. The number of rotatable bonds is 2. The van der Waals surface area contributed by atoms with E-state index in [4.69, 9.17) is 4.74 Å². The van der Waals surface area contributed by atoms with Crippen molar-refractivity contribution in [1.82, 2.24) is 15.1 Å². The lowest BCUT2D eigenvalue weighted by Crippen LogP contribution is -2.61. The normalized spacial score (nSPS) is 24.9. The fourth-order valence-electron chi connectivity index (χ4n) is 3.24. The highest BCUT2D eigenvalue weighted by atomic mass is 19.4. The van der Waals surface area contributed by atoms with Gasteiger partial charge in [0, 0.05) is 26.2 Å². The predicted octanol–water partition coefficient (Wildman–Crippen LogP) is 2.47. The molecule has 0 saturated carbocycles. The number of halogens is 3. The Labute approximate surface area is 141 Å². The highest BCUT2D eigenvalue weighted by Crippen LogP contribution is 2.30. The molecule has 0 aromatic heterocycles. The number of carbonyl (C=O) groups excluding carboxylic acids is 1. The second-order valence-corrected chi connectivity index (χ2v) is 7.67. The van der Waals surface area contributed by atoms with E-state index in [0.717, 1.165) is 25.9 Å². The molecule has 5 nitrogen and oxygen atoms in total. The third-order valence-electron chi connectivity index (χ3n) is 4.47. The van der Waals surface area contributed by atoms with Crippen LogP contribution in [0.25, 0.3) is 0 Å². The Morgan fingerprint density at radius 3 is 2.33 bits per heavy atom. The topological polar surface area (TPSA) is 44.8 Å². The first-order valence-corrected chi connectivity index (χ1v) is 8.55. The Kier molecular flexibility index (Phi) is 6.01. The SMILES string of the molecule is CC(C)(C)OC(=O)N1CCN(CC2CCNCC2)[C@@H](C(F)(F)F)C1. The number of carbonyl (C=O) groups is 1. The number of nitrogens with zero attached hydrogens (tertiary/aromatic N) is 2. The molecule has 2 rings (SSSR count). The van der Waals surface area contributed by atoms with Gasteiger partial charge in [-0.2, -0.15) is 13.2 Å². The Balaban J connectivity index is 2.00. The summed E-state index contributed by atoms with van der Waals surface area (Å²) in [6.07, 6.45) is -3.22. The average Bonchev–Trinajstić information content (AvgIpc) is 2.45. The largest absolute Gasteiger partial charge is 0.444 e. The van der Waals surface area contributed by atoms with Crippen molar-refractivity contribution in [1.29, 1.82) is 0 Å².